The third kappa shape index (κ3) is 2.47. The zero-order valence-corrected chi connectivity index (χ0v) is 9.07. The largest absolute Gasteiger partial charge is 0.301 e. The lowest BCUT2D eigenvalue weighted by Gasteiger charge is -2.07. The van der Waals surface area contributed by atoms with Gasteiger partial charge >= 0.3 is 5.69 Å². The summed E-state index contributed by atoms with van der Waals surface area (Å²) in [5, 5.41) is 11.8. The van der Waals surface area contributed by atoms with Crippen molar-refractivity contribution in [2.75, 3.05) is 0 Å². The van der Waals surface area contributed by atoms with Crippen LogP contribution < -0.4 is 0 Å². The van der Waals surface area contributed by atoms with Crippen molar-refractivity contribution in [2.45, 2.75) is 36.0 Å². The van der Waals surface area contributed by atoms with Gasteiger partial charge in [0.15, 0.2) is 5.03 Å². The third-order valence-electron chi connectivity index (χ3n) is 2.53. The quantitative estimate of drug-likeness (QED) is 0.585. The predicted octanol–water partition coefficient (Wildman–Crippen LogP) is 3.02. The molecular weight excluding hydrogens is 212 g/mol. The molecular formula is C10H12N2O2S. The van der Waals surface area contributed by atoms with E-state index in [0.29, 0.717) is 10.3 Å². The second-order valence-electron chi connectivity index (χ2n) is 3.61. The molecule has 1 aromatic heterocycles. The molecule has 1 saturated carbocycles. The fourth-order valence-corrected chi connectivity index (χ4v) is 3.05. The highest BCUT2D eigenvalue weighted by Gasteiger charge is 2.22. The summed E-state index contributed by atoms with van der Waals surface area (Å²) in [5.74, 6) is 0. The number of rotatable bonds is 3. The van der Waals surface area contributed by atoms with Gasteiger partial charge in [-0.2, -0.15) is 0 Å². The summed E-state index contributed by atoms with van der Waals surface area (Å²) in [5.41, 5.74) is 0.134. The standard InChI is InChI=1S/C10H12N2O2S/c13-12(14)9-6-3-7-11-10(9)15-8-4-1-2-5-8/h3,6-8H,1-2,4-5H2. The van der Waals surface area contributed by atoms with E-state index in [2.05, 4.69) is 4.98 Å². The topological polar surface area (TPSA) is 56.0 Å². The molecule has 0 radical (unpaired) electrons. The molecule has 1 aliphatic carbocycles. The summed E-state index contributed by atoms with van der Waals surface area (Å²) < 4.78 is 0. The summed E-state index contributed by atoms with van der Waals surface area (Å²) in [7, 11) is 0. The second kappa shape index (κ2) is 4.61. The van der Waals surface area contributed by atoms with Crippen LogP contribution >= 0.6 is 11.8 Å². The van der Waals surface area contributed by atoms with Crippen LogP contribution in [0, 0.1) is 10.1 Å². The van der Waals surface area contributed by atoms with Gasteiger partial charge in [-0.3, -0.25) is 10.1 Å². The summed E-state index contributed by atoms with van der Waals surface area (Å²) in [6.45, 7) is 0. The van der Waals surface area contributed by atoms with Crippen LogP contribution in [0.1, 0.15) is 25.7 Å². The van der Waals surface area contributed by atoms with E-state index in [1.807, 2.05) is 0 Å². The maximum atomic E-state index is 10.7. The van der Waals surface area contributed by atoms with Gasteiger partial charge in [-0.1, -0.05) is 24.6 Å². The number of nitrogens with zero attached hydrogens (tertiary/aromatic N) is 2. The molecule has 0 spiro atoms. The maximum absolute atomic E-state index is 10.7. The third-order valence-corrected chi connectivity index (χ3v) is 3.87. The Balaban J connectivity index is 2.15. The maximum Gasteiger partial charge on any atom is 0.301 e. The zero-order chi connectivity index (χ0) is 10.7. The van der Waals surface area contributed by atoms with Crippen LogP contribution in [-0.2, 0) is 0 Å². The lowest BCUT2D eigenvalue weighted by molar-refractivity contribution is -0.388. The van der Waals surface area contributed by atoms with Crippen molar-refractivity contribution in [3.05, 3.63) is 28.4 Å². The van der Waals surface area contributed by atoms with Crippen LogP contribution in [-0.4, -0.2) is 15.2 Å². The summed E-state index contributed by atoms with van der Waals surface area (Å²) in [4.78, 5) is 14.5. The molecule has 0 N–H and O–H groups in total. The van der Waals surface area contributed by atoms with Crippen molar-refractivity contribution in [3.63, 3.8) is 0 Å². The lowest BCUT2D eigenvalue weighted by atomic mass is 10.4. The van der Waals surface area contributed by atoms with Gasteiger partial charge in [0.1, 0.15) is 0 Å². The van der Waals surface area contributed by atoms with Crippen molar-refractivity contribution in [3.8, 4) is 0 Å². The van der Waals surface area contributed by atoms with Gasteiger partial charge in [-0.25, -0.2) is 4.98 Å². The molecule has 0 aromatic carbocycles. The van der Waals surface area contributed by atoms with Crippen LogP contribution in [0.15, 0.2) is 23.4 Å². The Morgan fingerprint density at radius 1 is 1.47 bits per heavy atom. The van der Waals surface area contributed by atoms with Gasteiger partial charge in [0.05, 0.1) is 4.92 Å². The summed E-state index contributed by atoms with van der Waals surface area (Å²) in [6.07, 6.45) is 6.39. The fraction of sp³-hybridized carbons (Fsp3) is 0.500. The first-order valence-electron chi connectivity index (χ1n) is 5.03. The Bertz CT molecular complexity index is 364. The van der Waals surface area contributed by atoms with Gasteiger partial charge < -0.3 is 0 Å². The Morgan fingerprint density at radius 3 is 2.87 bits per heavy atom. The Labute approximate surface area is 92.2 Å². The van der Waals surface area contributed by atoms with Crippen LogP contribution in [0.3, 0.4) is 0 Å². The fourth-order valence-electron chi connectivity index (χ4n) is 1.78. The average molecular weight is 224 g/mol. The van der Waals surface area contributed by atoms with E-state index < -0.39 is 0 Å². The Hall–Kier alpha value is -1.10. The lowest BCUT2D eigenvalue weighted by Crippen LogP contribution is -1.98. The molecule has 1 fully saturated rings. The number of hydrogen-bond donors (Lipinski definition) is 0. The van der Waals surface area contributed by atoms with Crippen LogP contribution in [0.4, 0.5) is 5.69 Å². The van der Waals surface area contributed by atoms with Crippen molar-refractivity contribution in [1.82, 2.24) is 4.98 Å². The van der Waals surface area contributed by atoms with Crippen molar-refractivity contribution < 1.29 is 4.92 Å². The molecule has 0 atom stereocenters. The van der Waals surface area contributed by atoms with Crippen LogP contribution in [0.25, 0.3) is 0 Å². The molecule has 0 saturated heterocycles. The second-order valence-corrected chi connectivity index (χ2v) is 4.90. The van der Waals surface area contributed by atoms with Crippen LogP contribution in [0.5, 0.6) is 0 Å². The molecule has 1 aliphatic rings. The predicted molar refractivity (Wildman–Crippen MR) is 59.0 cm³/mol. The first-order valence-corrected chi connectivity index (χ1v) is 5.91. The van der Waals surface area contributed by atoms with Gasteiger partial charge in [0.2, 0.25) is 0 Å². The number of thioether (sulfide) groups is 1. The van der Waals surface area contributed by atoms with E-state index in [4.69, 9.17) is 0 Å². The van der Waals surface area contributed by atoms with E-state index in [0.717, 1.165) is 12.8 Å². The smallest absolute Gasteiger partial charge is 0.258 e. The average Bonchev–Trinajstić information content (AvgIpc) is 2.71. The number of pyridine rings is 1. The van der Waals surface area contributed by atoms with Gasteiger partial charge in [-0.15, -0.1) is 0 Å². The minimum atomic E-state index is -0.357. The summed E-state index contributed by atoms with van der Waals surface area (Å²) in [6, 6.07) is 3.13. The molecule has 0 bridgehead atoms. The van der Waals surface area contributed by atoms with Crippen molar-refractivity contribution in [1.29, 1.82) is 0 Å². The molecule has 15 heavy (non-hydrogen) atoms. The van der Waals surface area contributed by atoms with Crippen molar-refractivity contribution >= 4 is 17.4 Å². The Morgan fingerprint density at radius 2 is 2.20 bits per heavy atom. The highest BCUT2D eigenvalue weighted by molar-refractivity contribution is 8.00. The molecule has 0 amide bonds. The minimum absolute atomic E-state index is 0.134. The van der Waals surface area contributed by atoms with Crippen molar-refractivity contribution in [2.24, 2.45) is 0 Å². The molecule has 0 aliphatic heterocycles. The summed E-state index contributed by atoms with van der Waals surface area (Å²) >= 11 is 1.55. The molecule has 1 aromatic rings. The van der Waals surface area contributed by atoms with Gasteiger partial charge in [-0.05, 0) is 18.9 Å². The van der Waals surface area contributed by atoms with Gasteiger partial charge in [0, 0.05) is 17.5 Å². The molecule has 2 rings (SSSR count). The number of hydrogen-bond acceptors (Lipinski definition) is 4. The van der Waals surface area contributed by atoms with Gasteiger partial charge in [0.25, 0.3) is 0 Å². The number of nitro groups is 1. The highest BCUT2D eigenvalue weighted by Crippen LogP contribution is 2.37. The molecule has 4 nitrogen and oxygen atoms in total. The van der Waals surface area contributed by atoms with E-state index in [9.17, 15) is 10.1 Å². The first kappa shape index (κ1) is 10.4. The Kier molecular flexibility index (Phi) is 3.20. The molecule has 0 unspecified atom stereocenters. The van der Waals surface area contributed by atoms with Crippen LogP contribution in [0.2, 0.25) is 0 Å². The van der Waals surface area contributed by atoms with E-state index in [1.165, 1.54) is 18.9 Å². The SMILES string of the molecule is O=[N+]([O-])c1cccnc1SC1CCCC1. The zero-order valence-electron chi connectivity index (χ0n) is 8.26. The monoisotopic (exact) mass is 224 g/mol. The minimum Gasteiger partial charge on any atom is -0.258 e. The van der Waals surface area contributed by atoms with E-state index in [-0.39, 0.29) is 10.6 Å². The first-order chi connectivity index (χ1) is 7.27. The normalized spacial score (nSPS) is 16.8. The highest BCUT2D eigenvalue weighted by atomic mass is 32.2. The molecule has 5 heteroatoms. The molecule has 80 valence electrons. The molecule has 1 heterocycles. The number of aromatic nitrogens is 1. The van der Waals surface area contributed by atoms with E-state index >= 15 is 0 Å². The van der Waals surface area contributed by atoms with E-state index in [1.54, 1.807) is 24.0 Å².